The van der Waals surface area contributed by atoms with Gasteiger partial charge in [-0.25, -0.2) is 0 Å². The lowest BCUT2D eigenvalue weighted by Gasteiger charge is -2.34. The largest absolute Gasteiger partial charge is 0.455 e. The lowest BCUT2D eigenvalue weighted by atomic mass is 9.74. The van der Waals surface area contributed by atoms with Gasteiger partial charge in [-0.15, -0.1) is 0 Å². The van der Waals surface area contributed by atoms with Gasteiger partial charge >= 0.3 is 0 Å². The van der Waals surface area contributed by atoms with E-state index in [1.807, 2.05) is 0 Å². The number of rotatable bonds is 1. The highest BCUT2D eigenvalue weighted by Crippen LogP contribution is 2.58. The third-order valence-corrected chi connectivity index (χ3v) is 10.6. The minimum absolute atomic E-state index is 0.0161. The Morgan fingerprint density at radius 2 is 0.844 bits per heavy atom. The summed E-state index contributed by atoms with van der Waals surface area (Å²) in [6.07, 6.45) is 0. The van der Waals surface area contributed by atoms with E-state index in [2.05, 4.69) is 153 Å². The molecule has 45 heavy (non-hydrogen) atoms. The van der Waals surface area contributed by atoms with Crippen LogP contribution in [0.4, 0.5) is 0 Å². The summed E-state index contributed by atoms with van der Waals surface area (Å²) >= 11 is 0. The molecule has 8 aromatic rings. The molecule has 2 aliphatic rings. The summed E-state index contributed by atoms with van der Waals surface area (Å²) in [5.41, 5.74) is 9.22. The van der Waals surface area contributed by atoms with Crippen LogP contribution in [0.5, 0.6) is 11.5 Å². The fourth-order valence-corrected chi connectivity index (χ4v) is 8.55. The molecule has 0 N–H and O–H groups in total. The first kappa shape index (κ1) is 25.0. The summed E-state index contributed by atoms with van der Waals surface area (Å²) in [6, 6.07) is 51.4. The van der Waals surface area contributed by atoms with Crippen molar-refractivity contribution in [3.05, 3.63) is 167 Å². The highest BCUT2D eigenvalue weighted by Gasteiger charge is 2.39. The monoisotopic (exact) mass is 574 g/mol. The van der Waals surface area contributed by atoms with Gasteiger partial charge < -0.3 is 4.74 Å². The van der Waals surface area contributed by atoms with Crippen molar-refractivity contribution in [2.75, 3.05) is 0 Å². The predicted octanol–water partition coefficient (Wildman–Crippen LogP) is 11.9. The van der Waals surface area contributed by atoms with Crippen LogP contribution in [0.25, 0.3) is 54.2 Å². The Hall–Kier alpha value is -5.40. The van der Waals surface area contributed by atoms with Crippen molar-refractivity contribution in [2.45, 2.75) is 25.2 Å². The van der Waals surface area contributed by atoms with Crippen LogP contribution < -0.4 is 4.74 Å². The Balaban J connectivity index is 1.38. The number of benzene rings is 8. The molecular formula is C44H30O. The van der Waals surface area contributed by atoms with E-state index in [1.54, 1.807) is 0 Å². The third kappa shape index (κ3) is 3.23. The highest BCUT2D eigenvalue weighted by molar-refractivity contribution is 6.17. The lowest BCUT2D eigenvalue weighted by molar-refractivity contribution is 0.467. The Kier molecular flexibility index (Phi) is 4.90. The van der Waals surface area contributed by atoms with Crippen LogP contribution in [0.1, 0.15) is 47.6 Å². The van der Waals surface area contributed by atoms with E-state index in [1.165, 1.54) is 71.3 Å². The summed E-state index contributed by atoms with van der Waals surface area (Å²) in [4.78, 5) is 0. The minimum Gasteiger partial charge on any atom is -0.455 e. The molecule has 0 radical (unpaired) electrons. The maximum Gasteiger partial charge on any atom is 0.140 e. The molecule has 0 saturated carbocycles. The second-order valence-corrected chi connectivity index (χ2v) is 13.2. The van der Waals surface area contributed by atoms with E-state index in [-0.39, 0.29) is 11.3 Å². The van der Waals surface area contributed by atoms with Gasteiger partial charge in [-0.1, -0.05) is 153 Å². The highest BCUT2D eigenvalue weighted by atomic mass is 16.5. The fraction of sp³-hybridized carbons (Fsp3) is 0.0909. The molecule has 1 aliphatic heterocycles. The third-order valence-electron chi connectivity index (χ3n) is 10.6. The van der Waals surface area contributed by atoms with Gasteiger partial charge in [0.15, 0.2) is 0 Å². The van der Waals surface area contributed by atoms with Crippen molar-refractivity contribution >= 4 is 43.1 Å². The molecule has 10 rings (SSSR count). The Labute approximate surface area is 262 Å². The van der Waals surface area contributed by atoms with Gasteiger partial charge in [0, 0.05) is 33.2 Å². The second kappa shape index (κ2) is 8.83. The van der Waals surface area contributed by atoms with E-state index in [9.17, 15) is 0 Å². The SMILES string of the molecule is CC1(C)c2ccccc2-c2ccc(C3c4c(c5ccccc5c5ccccc45)Oc4c3c3ccccc3c3ccccc43)cc21. The first-order valence-corrected chi connectivity index (χ1v) is 15.9. The molecule has 212 valence electrons. The summed E-state index contributed by atoms with van der Waals surface area (Å²) in [5.74, 6) is 1.94. The standard InChI is InChI=1S/C44H30O/c1-44(2)37-22-12-11-17-31(37)32-24-23-26(25-38(32)44)39-40-33-18-7-3-13-27(33)29-15-5-9-20-35(29)42(40)45-43-36-21-10-6-16-30(36)28-14-4-8-19-34(28)41(39)43/h3-25,39H,1-2H3. The molecule has 1 heterocycles. The number of fused-ring (bicyclic) bond motifs is 15. The summed E-state index contributed by atoms with van der Waals surface area (Å²) < 4.78 is 7.26. The van der Waals surface area contributed by atoms with Gasteiger partial charge in [-0.05, 0) is 60.1 Å². The number of hydrogen-bond donors (Lipinski definition) is 0. The predicted molar refractivity (Wildman–Crippen MR) is 188 cm³/mol. The quantitative estimate of drug-likeness (QED) is 0.177. The molecular weight excluding hydrogens is 544 g/mol. The van der Waals surface area contributed by atoms with Crippen LogP contribution in [0.3, 0.4) is 0 Å². The zero-order valence-electron chi connectivity index (χ0n) is 25.3. The second-order valence-electron chi connectivity index (χ2n) is 13.2. The van der Waals surface area contributed by atoms with Crippen molar-refractivity contribution in [1.29, 1.82) is 0 Å². The molecule has 0 amide bonds. The van der Waals surface area contributed by atoms with Crippen molar-refractivity contribution in [1.82, 2.24) is 0 Å². The van der Waals surface area contributed by atoms with Crippen LogP contribution in [-0.2, 0) is 5.41 Å². The van der Waals surface area contributed by atoms with Crippen LogP contribution in [0, 0.1) is 0 Å². The molecule has 1 nitrogen and oxygen atoms in total. The van der Waals surface area contributed by atoms with Crippen molar-refractivity contribution < 1.29 is 4.74 Å². The molecule has 0 fully saturated rings. The number of hydrogen-bond acceptors (Lipinski definition) is 1. The minimum atomic E-state index is -0.0876. The molecule has 1 heteroatoms. The Morgan fingerprint density at radius 3 is 1.40 bits per heavy atom. The maximum atomic E-state index is 7.26. The van der Waals surface area contributed by atoms with Gasteiger partial charge in [-0.2, -0.15) is 0 Å². The first-order valence-electron chi connectivity index (χ1n) is 15.9. The van der Waals surface area contributed by atoms with Gasteiger partial charge in [0.25, 0.3) is 0 Å². The molecule has 0 atom stereocenters. The van der Waals surface area contributed by atoms with Crippen molar-refractivity contribution in [3.8, 4) is 22.6 Å². The Bertz CT molecular complexity index is 2430. The van der Waals surface area contributed by atoms with Gasteiger partial charge in [0.05, 0.1) is 0 Å². The fourth-order valence-electron chi connectivity index (χ4n) is 8.55. The average Bonchev–Trinajstić information content (AvgIpc) is 3.33. The first-order chi connectivity index (χ1) is 22.1. The zero-order valence-corrected chi connectivity index (χ0v) is 25.3. The van der Waals surface area contributed by atoms with Crippen molar-refractivity contribution in [3.63, 3.8) is 0 Å². The number of ether oxygens (including phenoxy) is 1. The normalized spacial score (nSPS) is 14.7. The van der Waals surface area contributed by atoms with Crippen LogP contribution in [0.15, 0.2) is 140 Å². The molecule has 0 unspecified atom stereocenters. The van der Waals surface area contributed by atoms with E-state index in [0.29, 0.717) is 0 Å². The molecule has 1 aliphatic carbocycles. The van der Waals surface area contributed by atoms with Gasteiger partial charge in [-0.3, -0.25) is 0 Å². The van der Waals surface area contributed by atoms with Crippen LogP contribution in [0.2, 0.25) is 0 Å². The molecule has 0 spiro atoms. The van der Waals surface area contributed by atoms with Gasteiger partial charge in [0.1, 0.15) is 11.5 Å². The van der Waals surface area contributed by atoms with Crippen LogP contribution >= 0.6 is 0 Å². The smallest absolute Gasteiger partial charge is 0.140 e. The van der Waals surface area contributed by atoms with Crippen LogP contribution in [-0.4, -0.2) is 0 Å². The molecule has 0 aromatic heterocycles. The summed E-state index contributed by atoms with van der Waals surface area (Å²) in [7, 11) is 0. The molecule has 8 aromatic carbocycles. The summed E-state index contributed by atoms with van der Waals surface area (Å²) in [6.45, 7) is 4.75. The molecule has 0 bridgehead atoms. The van der Waals surface area contributed by atoms with E-state index >= 15 is 0 Å². The van der Waals surface area contributed by atoms with Gasteiger partial charge in [0.2, 0.25) is 0 Å². The topological polar surface area (TPSA) is 9.23 Å². The molecule has 0 saturated heterocycles. The van der Waals surface area contributed by atoms with E-state index in [0.717, 1.165) is 22.3 Å². The van der Waals surface area contributed by atoms with E-state index in [4.69, 9.17) is 4.74 Å². The van der Waals surface area contributed by atoms with E-state index < -0.39 is 0 Å². The zero-order chi connectivity index (χ0) is 29.9. The summed E-state index contributed by atoms with van der Waals surface area (Å²) in [5, 5.41) is 9.81. The van der Waals surface area contributed by atoms with Crippen molar-refractivity contribution in [2.24, 2.45) is 0 Å². The average molecular weight is 575 g/mol. The Morgan fingerprint density at radius 1 is 0.422 bits per heavy atom. The lowest BCUT2D eigenvalue weighted by Crippen LogP contribution is -2.17. The maximum absolute atomic E-state index is 7.26.